The number of carbonyl (C=O) groups excluding carboxylic acids is 2. The second-order valence-electron chi connectivity index (χ2n) is 2.43. The summed E-state index contributed by atoms with van der Waals surface area (Å²) >= 11 is 0. The maximum absolute atomic E-state index is 11.2. The van der Waals surface area contributed by atoms with E-state index in [9.17, 15) is 9.59 Å². The number of nitrogens with one attached hydrogen (secondary N) is 2. The van der Waals surface area contributed by atoms with E-state index in [4.69, 9.17) is 5.73 Å². The Morgan fingerprint density at radius 2 is 2.38 bits per heavy atom. The van der Waals surface area contributed by atoms with Gasteiger partial charge in [-0.2, -0.15) is 5.10 Å². The van der Waals surface area contributed by atoms with Gasteiger partial charge in [0.15, 0.2) is 0 Å². The molecule has 0 unspecified atom stereocenters. The average molecular weight is 183 g/mol. The van der Waals surface area contributed by atoms with Crippen LogP contribution in [0.2, 0.25) is 0 Å². The molecule has 7 nitrogen and oxygen atoms in total. The van der Waals surface area contributed by atoms with Crippen LogP contribution in [0.3, 0.4) is 0 Å². The summed E-state index contributed by atoms with van der Waals surface area (Å²) in [6, 6.07) is -0.724. The van der Waals surface area contributed by atoms with E-state index in [2.05, 4.69) is 20.5 Å². The molecule has 0 radical (unpaired) electrons. The fourth-order valence-corrected chi connectivity index (χ4v) is 0.651. The van der Waals surface area contributed by atoms with Crippen molar-refractivity contribution in [3.05, 3.63) is 12.2 Å². The zero-order valence-electron chi connectivity index (χ0n) is 6.94. The van der Waals surface area contributed by atoms with E-state index in [1.807, 2.05) is 0 Å². The number of hydrogen-bond acceptors (Lipinski definition) is 4. The third kappa shape index (κ3) is 2.26. The van der Waals surface area contributed by atoms with Crippen LogP contribution in [-0.4, -0.2) is 33.0 Å². The lowest BCUT2D eigenvalue weighted by molar-refractivity contribution is -0.119. The van der Waals surface area contributed by atoms with Crippen LogP contribution in [0, 0.1) is 0 Å². The smallest absolute Gasteiger partial charge is 0.289 e. The summed E-state index contributed by atoms with van der Waals surface area (Å²) in [5.74, 6) is -1.07. The third-order valence-electron chi connectivity index (χ3n) is 1.40. The van der Waals surface area contributed by atoms with E-state index >= 15 is 0 Å². The molecule has 0 aromatic carbocycles. The molecule has 0 aliphatic heterocycles. The van der Waals surface area contributed by atoms with Gasteiger partial charge in [-0.05, 0) is 6.92 Å². The van der Waals surface area contributed by atoms with Crippen molar-refractivity contribution >= 4 is 11.8 Å². The minimum Gasteiger partial charge on any atom is -0.368 e. The van der Waals surface area contributed by atoms with Gasteiger partial charge in [0.05, 0.1) is 0 Å². The number of amides is 2. The minimum atomic E-state index is -0.724. The summed E-state index contributed by atoms with van der Waals surface area (Å²) in [4.78, 5) is 25.3. The highest BCUT2D eigenvalue weighted by Crippen LogP contribution is 1.87. The standard InChI is InChI=1S/C6H9N5O2/c1-3(4(7)12)10-6(13)5-8-2-9-11-5/h2-3H,1H3,(H2,7,12)(H,10,13)(H,8,9,11)/t3-/m1/s1. The van der Waals surface area contributed by atoms with E-state index in [0.717, 1.165) is 0 Å². The highest BCUT2D eigenvalue weighted by atomic mass is 16.2. The first-order valence-corrected chi connectivity index (χ1v) is 3.57. The van der Waals surface area contributed by atoms with Gasteiger partial charge >= 0.3 is 0 Å². The van der Waals surface area contributed by atoms with Crippen molar-refractivity contribution in [1.82, 2.24) is 20.5 Å². The number of nitrogens with zero attached hydrogens (tertiary/aromatic N) is 2. The largest absolute Gasteiger partial charge is 0.368 e. The van der Waals surface area contributed by atoms with Gasteiger partial charge in [0.1, 0.15) is 12.4 Å². The minimum absolute atomic E-state index is 0.0492. The molecule has 0 bridgehead atoms. The zero-order chi connectivity index (χ0) is 9.84. The molecule has 4 N–H and O–H groups in total. The van der Waals surface area contributed by atoms with Crippen molar-refractivity contribution in [3.63, 3.8) is 0 Å². The summed E-state index contributed by atoms with van der Waals surface area (Å²) < 4.78 is 0. The van der Waals surface area contributed by atoms with Crippen molar-refractivity contribution < 1.29 is 9.59 Å². The predicted molar refractivity (Wildman–Crippen MR) is 42.5 cm³/mol. The fraction of sp³-hybridized carbons (Fsp3) is 0.333. The van der Waals surface area contributed by atoms with Gasteiger partial charge in [0.2, 0.25) is 11.7 Å². The van der Waals surface area contributed by atoms with Crippen molar-refractivity contribution in [2.24, 2.45) is 5.73 Å². The Morgan fingerprint density at radius 1 is 1.69 bits per heavy atom. The summed E-state index contributed by atoms with van der Waals surface area (Å²) in [5, 5.41) is 8.17. The molecule has 0 saturated carbocycles. The number of aromatic nitrogens is 3. The van der Waals surface area contributed by atoms with Gasteiger partial charge in [-0.1, -0.05) is 0 Å². The van der Waals surface area contributed by atoms with Crippen molar-refractivity contribution in [3.8, 4) is 0 Å². The molecule has 1 heterocycles. The quantitative estimate of drug-likeness (QED) is 0.524. The number of H-pyrrole nitrogens is 1. The Kier molecular flexibility index (Phi) is 2.58. The number of hydrogen-bond donors (Lipinski definition) is 3. The number of rotatable bonds is 3. The second kappa shape index (κ2) is 3.65. The van der Waals surface area contributed by atoms with Crippen LogP contribution in [0.1, 0.15) is 17.5 Å². The molecular formula is C6H9N5O2. The molecule has 1 atom stereocenters. The summed E-state index contributed by atoms with van der Waals surface area (Å²) in [5.41, 5.74) is 4.94. The Labute approximate surface area is 73.7 Å². The monoisotopic (exact) mass is 183 g/mol. The number of nitrogens with two attached hydrogens (primary N) is 1. The number of aromatic amines is 1. The topological polar surface area (TPSA) is 114 Å². The second-order valence-corrected chi connectivity index (χ2v) is 2.43. The van der Waals surface area contributed by atoms with Gasteiger partial charge < -0.3 is 11.1 Å². The predicted octanol–water partition coefficient (Wildman–Crippen LogP) is -1.59. The van der Waals surface area contributed by atoms with Crippen LogP contribution < -0.4 is 11.1 Å². The van der Waals surface area contributed by atoms with Gasteiger partial charge in [-0.25, -0.2) is 4.98 Å². The fourth-order valence-electron chi connectivity index (χ4n) is 0.651. The van der Waals surface area contributed by atoms with E-state index < -0.39 is 17.9 Å². The SMILES string of the molecule is C[C@@H](NC(=O)c1ncn[nH]1)C(N)=O. The maximum atomic E-state index is 11.2. The van der Waals surface area contributed by atoms with Crippen LogP contribution >= 0.6 is 0 Å². The molecule has 1 aromatic heterocycles. The average Bonchev–Trinajstić information content (AvgIpc) is 2.55. The van der Waals surface area contributed by atoms with Gasteiger partial charge in [-0.3, -0.25) is 14.7 Å². The third-order valence-corrected chi connectivity index (χ3v) is 1.40. The first-order valence-electron chi connectivity index (χ1n) is 3.57. The van der Waals surface area contributed by atoms with Crippen LogP contribution in [0.4, 0.5) is 0 Å². The highest BCUT2D eigenvalue weighted by molar-refractivity contribution is 5.94. The lowest BCUT2D eigenvalue weighted by atomic mass is 10.3. The van der Waals surface area contributed by atoms with E-state index in [1.165, 1.54) is 13.3 Å². The summed E-state index contributed by atoms with van der Waals surface area (Å²) in [7, 11) is 0. The molecule has 0 saturated heterocycles. The molecule has 0 aliphatic rings. The van der Waals surface area contributed by atoms with Crippen molar-refractivity contribution in [2.45, 2.75) is 13.0 Å². The van der Waals surface area contributed by atoms with Crippen LogP contribution in [0.5, 0.6) is 0 Å². The van der Waals surface area contributed by atoms with E-state index in [0.29, 0.717) is 0 Å². The molecule has 1 aromatic rings. The van der Waals surface area contributed by atoms with Crippen LogP contribution in [-0.2, 0) is 4.79 Å². The Hall–Kier alpha value is -1.92. The van der Waals surface area contributed by atoms with Gasteiger partial charge in [0.25, 0.3) is 5.91 Å². The molecular weight excluding hydrogens is 174 g/mol. The molecule has 7 heteroatoms. The molecule has 1 rings (SSSR count). The molecule has 0 aliphatic carbocycles. The first-order chi connectivity index (χ1) is 6.11. The van der Waals surface area contributed by atoms with Crippen molar-refractivity contribution in [1.29, 1.82) is 0 Å². The first kappa shape index (κ1) is 9.17. The zero-order valence-corrected chi connectivity index (χ0v) is 6.94. The van der Waals surface area contributed by atoms with Gasteiger partial charge in [0, 0.05) is 0 Å². The number of primary amides is 1. The maximum Gasteiger partial charge on any atom is 0.289 e. The summed E-state index contributed by atoms with van der Waals surface area (Å²) in [6.45, 7) is 1.48. The van der Waals surface area contributed by atoms with E-state index in [-0.39, 0.29) is 5.82 Å². The molecule has 13 heavy (non-hydrogen) atoms. The van der Waals surface area contributed by atoms with Crippen LogP contribution in [0.15, 0.2) is 6.33 Å². The molecule has 2 amide bonds. The lowest BCUT2D eigenvalue weighted by Gasteiger charge is -2.07. The van der Waals surface area contributed by atoms with E-state index in [1.54, 1.807) is 0 Å². The normalized spacial score (nSPS) is 12.1. The van der Waals surface area contributed by atoms with Gasteiger partial charge in [-0.15, -0.1) is 0 Å². The van der Waals surface area contributed by atoms with Crippen molar-refractivity contribution in [2.75, 3.05) is 0 Å². The Morgan fingerprint density at radius 3 is 2.85 bits per heavy atom. The number of carbonyl (C=O) groups is 2. The summed E-state index contributed by atoms with van der Waals surface area (Å²) in [6.07, 6.45) is 1.20. The highest BCUT2D eigenvalue weighted by Gasteiger charge is 2.15. The molecule has 0 fully saturated rings. The lowest BCUT2D eigenvalue weighted by Crippen LogP contribution is -2.42. The molecule has 0 spiro atoms. The Balaban J connectivity index is 2.56. The van der Waals surface area contributed by atoms with Crippen LogP contribution in [0.25, 0.3) is 0 Å². The Bertz CT molecular complexity index is 307. The molecule has 70 valence electrons.